The number of halogens is 2. The minimum atomic E-state index is -0.748. The van der Waals surface area contributed by atoms with Gasteiger partial charge in [-0.05, 0) is 42.0 Å². The first kappa shape index (κ1) is 22.7. The second-order valence-electron chi connectivity index (χ2n) is 7.14. The maximum atomic E-state index is 13.4. The van der Waals surface area contributed by atoms with E-state index in [0.29, 0.717) is 5.75 Å². The van der Waals surface area contributed by atoms with Gasteiger partial charge in [-0.25, -0.2) is 18.7 Å². The third-order valence-corrected chi connectivity index (χ3v) is 4.64. The monoisotopic (exact) mass is 462 g/mol. The van der Waals surface area contributed by atoms with Crippen molar-refractivity contribution in [3.63, 3.8) is 0 Å². The minimum absolute atomic E-state index is 0.0140. The van der Waals surface area contributed by atoms with E-state index in [1.165, 1.54) is 13.3 Å². The highest BCUT2D eigenvalue weighted by atomic mass is 19.1. The largest absolute Gasteiger partial charge is 0.479 e. The van der Waals surface area contributed by atoms with Crippen molar-refractivity contribution >= 4 is 17.4 Å². The average molecular weight is 462 g/mol. The average Bonchev–Trinajstić information content (AvgIpc) is 2.83. The molecule has 0 atom stereocenters. The Morgan fingerprint density at radius 2 is 1.62 bits per heavy atom. The number of hydrogen-bond donors (Lipinski definition) is 2. The van der Waals surface area contributed by atoms with Crippen LogP contribution in [0.4, 0.5) is 20.3 Å². The summed E-state index contributed by atoms with van der Waals surface area (Å²) < 4.78 is 37.8. The van der Waals surface area contributed by atoms with E-state index in [0.717, 1.165) is 29.5 Å². The van der Waals surface area contributed by atoms with Gasteiger partial charge in [-0.2, -0.15) is 0 Å². The van der Waals surface area contributed by atoms with Gasteiger partial charge in [-0.15, -0.1) is 0 Å². The number of methoxy groups -OCH3 is 1. The van der Waals surface area contributed by atoms with Crippen molar-refractivity contribution < 1.29 is 23.0 Å². The van der Waals surface area contributed by atoms with Crippen molar-refractivity contribution in [1.82, 2.24) is 15.3 Å². The second kappa shape index (κ2) is 10.4. The molecule has 172 valence electrons. The quantitative estimate of drug-likeness (QED) is 0.373. The molecule has 3 aromatic carbocycles. The molecule has 2 N–H and O–H groups in total. The fraction of sp³-hybridized carbons (Fsp3) is 0.0800. The number of benzene rings is 3. The Morgan fingerprint density at radius 3 is 2.29 bits per heavy atom. The number of carbonyl (C=O) groups is 1. The fourth-order valence-electron chi connectivity index (χ4n) is 3.08. The molecule has 0 unspecified atom stereocenters. The number of nitrogens with one attached hydrogen (secondary N) is 2. The Labute approximate surface area is 194 Å². The van der Waals surface area contributed by atoms with Crippen molar-refractivity contribution in [2.45, 2.75) is 6.54 Å². The van der Waals surface area contributed by atoms with E-state index in [2.05, 4.69) is 20.6 Å². The Hall–Kier alpha value is -4.53. The molecule has 34 heavy (non-hydrogen) atoms. The summed E-state index contributed by atoms with van der Waals surface area (Å²) in [4.78, 5) is 21.0. The summed E-state index contributed by atoms with van der Waals surface area (Å²) in [5.41, 5.74) is 0.889. The molecule has 9 heteroatoms. The summed E-state index contributed by atoms with van der Waals surface area (Å²) in [6, 6.07) is 19.6. The van der Waals surface area contributed by atoms with E-state index in [1.807, 2.05) is 42.5 Å². The van der Waals surface area contributed by atoms with E-state index >= 15 is 0 Å². The van der Waals surface area contributed by atoms with Crippen molar-refractivity contribution in [3.05, 3.63) is 102 Å². The van der Waals surface area contributed by atoms with Crippen molar-refractivity contribution in [2.75, 3.05) is 12.4 Å². The number of rotatable bonds is 8. The zero-order valence-electron chi connectivity index (χ0n) is 18.1. The van der Waals surface area contributed by atoms with Gasteiger partial charge in [-0.1, -0.05) is 30.3 Å². The van der Waals surface area contributed by atoms with Gasteiger partial charge < -0.3 is 20.1 Å². The first-order chi connectivity index (χ1) is 16.5. The smallest absolute Gasteiger partial charge is 0.275 e. The molecule has 0 saturated heterocycles. The lowest BCUT2D eigenvalue weighted by molar-refractivity contribution is 0.0941. The molecule has 1 amide bonds. The van der Waals surface area contributed by atoms with Crippen molar-refractivity contribution in [2.24, 2.45) is 0 Å². The van der Waals surface area contributed by atoms with Crippen LogP contribution >= 0.6 is 0 Å². The number of aromatic nitrogens is 2. The summed E-state index contributed by atoms with van der Waals surface area (Å²) in [5, 5.41) is 5.49. The molecule has 0 aliphatic heterocycles. The zero-order valence-corrected chi connectivity index (χ0v) is 18.1. The van der Waals surface area contributed by atoms with Crippen LogP contribution in [0, 0.1) is 11.6 Å². The van der Waals surface area contributed by atoms with Gasteiger partial charge in [0.2, 0.25) is 5.88 Å². The van der Waals surface area contributed by atoms with Crippen LogP contribution in [0.5, 0.6) is 17.4 Å². The number of ether oxygens (including phenoxy) is 2. The van der Waals surface area contributed by atoms with Gasteiger partial charge in [0.25, 0.3) is 5.91 Å². The van der Waals surface area contributed by atoms with E-state index in [-0.39, 0.29) is 29.6 Å². The highest BCUT2D eigenvalue weighted by Crippen LogP contribution is 2.22. The Balaban J connectivity index is 1.42. The first-order valence-corrected chi connectivity index (χ1v) is 10.2. The molecule has 0 bridgehead atoms. The molecule has 0 aliphatic carbocycles. The molecule has 0 radical (unpaired) electrons. The van der Waals surface area contributed by atoms with Crippen LogP contribution in [-0.2, 0) is 6.54 Å². The zero-order chi connectivity index (χ0) is 23.9. The highest BCUT2D eigenvalue weighted by Gasteiger charge is 2.17. The Morgan fingerprint density at radius 1 is 0.941 bits per heavy atom. The number of amides is 1. The van der Waals surface area contributed by atoms with E-state index in [1.54, 1.807) is 12.1 Å². The highest BCUT2D eigenvalue weighted by molar-refractivity contribution is 5.94. The van der Waals surface area contributed by atoms with Gasteiger partial charge in [0.05, 0.1) is 13.3 Å². The van der Waals surface area contributed by atoms with Crippen LogP contribution in [0.15, 0.2) is 79.0 Å². The molecule has 4 rings (SSSR count). The van der Waals surface area contributed by atoms with Crippen LogP contribution in [0.1, 0.15) is 16.1 Å². The molecular formula is C25H20F2N4O3. The lowest BCUT2D eigenvalue weighted by Crippen LogP contribution is -2.25. The normalized spacial score (nSPS) is 10.4. The van der Waals surface area contributed by atoms with Crippen LogP contribution in [0.3, 0.4) is 0 Å². The predicted molar refractivity (Wildman–Crippen MR) is 122 cm³/mol. The van der Waals surface area contributed by atoms with Crippen LogP contribution in [0.2, 0.25) is 0 Å². The molecule has 0 aliphatic rings. The summed E-state index contributed by atoms with van der Waals surface area (Å²) in [5.74, 6) is -0.490. The third kappa shape index (κ3) is 5.83. The van der Waals surface area contributed by atoms with Crippen molar-refractivity contribution in [1.29, 1.82) is 0 Å². The fourth-order valence-corrected chi connectivity index (χ4v) is 3.08. The Bertz CT molecular complexity index is 1270. The lowest BCUT2D eigenvalue weighted by atomic mass is 10.2. The molecule has 0 fully saturated rings. The molecule has 1 aromatic heterocycles. The van der Waals surface area contributed by atoms with Gasteiger partial charge in [0, 0.05) is 18.3 Å². The minimum Gasteiger partial charge on any atom is -0.479 e. The van der Waals surface area contributed by atoms with Crippen molar-refractivity contribution in [3.8, 4) is 17.4 Å². The predicted octanol–water partition coefficient (Wildman–Crippen LogP) is 5.23. The van der Waals surface area contributed by atoms with Gasteiger partial charge in [0.1, 0.15) is 29.0 Å². The molecular weight excluding hydrogens is 442 g/mol. The maximum Gasteiger partial charge on any atom is 0.275 e. The SMILES string of the molecule is COc1ncc(Nc2cc(F)cc(F)c2)nc1C(=O)NCc1ccc(Oc2ccccc2)cc1. The number of anilines is 2. The molecule has 4 aromatic rings. The van der Waals surface area contributed by atoms with Crippen LogP contribution < -0.4 is 20.1 Å². The molecule has 1 heterocycles. The second-order valence-corrected chi connectivity index (χ2v) is 7.14. The summed E-state index contributed by atoms with van der Waals surface area (Å²) in [6.45, 7) is 0.224. The number of carbonyl (C=O) groups excluding carboxylic acids is 1. The summed E-state index contributed by atoms with van der Waals surface area (Å²) in [7, 11) is 1.36. The number of nitrogens with zero attached hydrogens (tertiary/aromatic N) is 2. The topological polar surface area (TPSA) is 85.4 Å². The first-order valence-electron chi connectivity index (χ1n) is 10.2. The molecule has 7 nitrogen and oxygen atoms in total. The van der Waals surface area contributed by atoms with Gasteiger partial charge in [0.15, 0.2) is 5.69 Å². The van der Waals surface area contributed by atoms with Gasteiger partial charge >= 0.3 is 0 Å². The third-order valence-electron chi connectivity index (χ3n) is 4.64. The molecule has 0 spiro atoms. The number of hydrogen-bond acceptors (Lipinski definition) is 6. The van der Waals surface area contributed by atoms with E-state index in [4.69, 9.17) is 9.47 Å². The maximum absolute atomic E-state index is 13.4. The number of para-hydroxylation sites is 1. The van der Waals surface area contributed by atoms with Crippen LogP contribution in [-0.4, -0.2) is 23.0 Å². The summed E-state index contributed by atoms with van der Waals surface area (Å²) in [6.07, 6.45) is 1.30. The van der Waals surface area contributed by atoms with E-state index < -0.39 is 17.5 Å². The standard InChI is InChI=1S/C25H20F2N4O3/c1-33-25-23(31-22(15-29-25)30-19-12-17(26)11-18(27)13-19)24(32)28-14-16-7-9-21(10-8-16)34-20-5-3-2-4-6-20/h2-13,15H,14H2,1H3,(H,28,32)(H,30,31). The lowest BCUT2D eigenvalue weighted by Gasteiger charge is -2.11. The summed E-state index contributed by atoms with van der Waals surface area (Å²) >= 11 is 0. The van der Waals surface area contributed by atoms with Crippen LogP contribution in [0.25, 0.3) is 0 Å². The molecule has 0 saturated carbocycles. The van der Waals surface area contributed by atoms with E-state index in [9.17, 15) is 13.6 Å². The Kier molecular flexibility index (Phi) is 6.92. The van der Waals surface area contributed by atoms with Gasteiger partial charge in [-0.3, -0.25) is 4.79 Å².